The minimum absolute atomic E-state index is 0.400. The smallest absolute Gasteiger partial charge is 0.325 e. The Hall–Kier alpha value is -1.85. The molecule has 0 aliphatic rings. The maximum Gasteiger partial charge on any atom is 0.325 e. The average Bonchev–Trinajstić information content (AvgIpc) is 2.67. The van der Waals surface area contributed by atoms with E-state index in [2.05, 4.69) is 24.3 Å². The van der Waals surface area contributed by atoms with E-state index >= 15 is 0 Å². The summed E-state index contributed by atoms with van der Waals surface area (Å²) in [5.74, 6) is -0.894. The number of hydrogen-bond donors (Lipinski definition) is 2. The van der Waals surface area contributed by atoms with Gasteiger partial charge in [0.25, 0.3) is 5.91 Å². The van der Waals surface area contributed by atoms with Crippen molar-refractivity contribution in [2.45, 2.75) is 46.7 Å². The largest absolute Gasteiger partial charge is 0.480 e. The van der Waals surface area contributed by atoms with Gasteiger partial charge in [0.05, 0.1) is 11.8 Å². The molecule has 1 atom stereocenters. The van der Waals surface area contributed by atoms with Crippen molar-refractivity contribution >= 4 is 11.9 Å². The van der Waals surface area contributed by atoms with Crippen LogP contribution >= 0.6 is 0 Å². The molecule has 0 spiro atoms. The molecule has 0 aromatic carbocycles. The van der Waals surface area contributed by atoms with Gasteiger partial charge in [-0.15, -0.1) is 0 Å². The number of carbonyl (C=O) groups excluding carboxylic acids is 1. The molecule has 1 aromatic rings. The summed E-state index contributed by atoms with van der Waals surface area (Å²) in [5.41, 5.74) is 1.19. The molecular weight excluding hydrogens is 246 g/mol. The summed E-state index contributed by atoms with van der Waals surface area (Å²) in [6, 6.07) is -0.911. The maximum atomic E-state index is 11.9. The standard InChI is InChI=1S/C13H21N3O3/c1-8(2)5-6-16-10(4)11(7-14-16)12(17)15-9(3)13(18)19/h7-9H,5-6H2,1-4H3,(H,15,17)(H,18,19)/t9-/m0/s1. The van der Waals surface area contributed by atoms with Crippen molar-refractivity contribution in [3.8, 4) is 0 Å². The van der Waals surface area contributed by atoms with Crippen LogP contribution in [0.15, 0.2) is 6.20 Å². The van der Waals surface area contributed by atoms with E-state index in [4.69, 9.17) is 5.11 Å². The van der Waals surface area contributed by atoms with E-state index in [0.717, 1.165) is 18.7 Å². The lowest BCUT2D eigenvalue weighted by Gasteiger charge is -2.10. The maximum absolute atomic E-state index is 11.9. The van der Waals surface area contributed by atoms with Gasteiger partial charge >= 0.3 is 5.97 Å². The Balaban J connectivity index is 2.74. The number of carboxylic acids is 1. The topological polar surface area (TPSA) is 84.2 Å². The van der Waals surface area contributed by atoms with Gasteiger partial charge in [-0.1, -0.05) is 13.8 Å². The van der Waals surface area contributed by atoms with E-state index < -0.39 is 17.9 Å². The van der Waals surface area contributed by atoms with Crippen molar-refractivity contribution in [3.05, 3.63) is 17.5 Å². The second kappa shape index (κ2) is 6.36. The van der Waals surface area contributed by atoms with Crippen LogP contribution in [0.2, 0.25) is 0 Å². The first-order chi connectivity index (χ1) is 8.82. The van der Waals surface area contributed by atoms with Crippen LogP contribution in [-0.2, 0) is 11.3 Å². The summed E-state index contributed by atoms with van der Waals surface area (Å²) in [6.07, 6.45) is 2.47. The van der Waals surface area contributed by atoms with E-state index in [1.165, 1.54) is 13.1 Å². The molecule has 6 nitrogen and oxygen atoms in total. The van der Waals surface area contributed by atoms with Crippen LogP contribution in [0, 0.1) is 12.8 Å². The quantitative estimate of drug-likeness (QED) is 0.816. The van der Waals surface area contributed by atoms with Gasteiger partial charge in [-0.3, -0.25) is 14.3 Å². The first-order valence-electron chi connectivity index (χ1n) is 6.39. The van der Waals surface area contributed by atoms with Gasteiger partial charge < -0.3 is 10.4 Å². The highest BCUT2D eigenvalue weighted by molar-refractivity contribution is 5.97. The normalized spacial score (nSPS) is 12.5. The fraction of sp³-hybridized carbons (Fsp3) is 0.615. The average molecular weight is 267 g/mol. The molecule has 0 radical (unpaired) electrons. The Bertz CT molecular complexity index is 466. The van der Waals surface area contributed by atoms with Crippen LogP contribution in [-0.4, -0.2) is 32.8 Å². The van der Waals surface area contributed by atoms with Crippen LogP contribution in [0.25, 0.3) is 0 Å². The zero-order valence-electron chi connectivity index (χ0n) is 11.8. The van der Waals surface area contributed by atoms with Gasteiger partial charge in [0.1, 0.15) is 6.04 Å². The molecule has 1 amide bonds. The lowest BCUT2D eigenvalue weighted by Crippen LogP contribution is -2.38. The number of carboxylic acid groups (broad SMARTS) is 1. The summed E-state index contributed by atoms with van der Waals surface area (Å²) in [4.78, 5) is 22.6. The molecule has 1 rings (SSSR count). The SMILES string of the molecule is Cc1c(C(=O)N[C@@H](C)C(=O)O)cnn1CCC(C)C. The zero-order valence-corrected chi connectivity index (χ0v) is 11.8. The Morgan fingerprint density at radius 2 is 2.05 bits per heavy atom. The van der Waals surface area contributed by atoms with Crippen LogP contribution in [0.1, 0.15) is 43.2 Å². The second-order valence-corrected chi connectivity index (χ2v) is 5.08. The monoisotopic (exact) mass is 267 g/mol. The van der Waals surface area contributed by atoms with Gasteiger partial charge in [-0.2, -0.15) is 5.10 Å². The van der Waals surface area contributed by atoms with Crippen molar-refractivity contribution in [2.24, 2.45) is 5.92 Å². The van der Waals surface area contributed by atoms with Crippen LogP contribution in [0.5, 0.6) is 0 Å². The van der Waals surface area contributed by atoms with Crippen molar-refractivity contribution in [2.75, 3.05) is 0 Å². The van der Waals surface area contributed by atoms with E-state index in [0.29, 0.717) is 11.5 Å². The molecule has 0 saturated carbocycles. The van der Waals surface area contributed by atoms with Crippen LogP contribution < -0.4 is 5.32 Å². The Labute approximate surface area is 112 Å². The lowest BCUT2D eigenvalue weighted by atomic mass is 10.1. The van der Waals surface area contributed by atoms with E-state index in [1.54, 1.807) is 4.68 Å². The zero-order chi connectivity index (χ0) is 14.6. The molecule has 1 heterocycles. The molecule has 19 heavy (non-hydrogen) atoms. The third-order valence-corrected chi connectivity index (χ3v) is 2.98. The molecule has 0 fully saturated rings. The highest BCUT2D eigenvalue weighted by Crippen LogP contribution is 2.10. The molecule has 106 valence electrons. The third-order valence-electron chi connectivity index (χ3n) is 2.98. The van der Waals surface area contributed by atoms with Gasteiger partial charge in [-0.05, 0) is 26.2 Å². The van der Waals surface area contributed by atoms with Gasteiger partial charge in [-0.25, -0.2) is 0 Å². The summed E-state index contributed by atoms with van der Waals surface area (Å²) in [7, 11) is 0. The number of aryl methyl sites for hydroxylation is 1. The summed E-state index contributed by atoms with van der Waals surface area (Å²) in [6.45, 7) is 8.25. The minimum Gasteiger partial charge on any atom is -0.480 e. The number of aliphatic carboxylic acids is 1. The van der Waals surface area contributed by atoms with Crippen LogP contribution in [0.4, 0.5) is 0 Å². The molecule has 0 aliphatic heterocycles. The molecule has 0 saturated heterocycles. The first kappa shape index (κ1) is 15.2. The molecule has 1 aromatic heterocycles. The predicted octanol–water partition coefficient (Wildman–Crippen LogP) is 1.44. The molecule has 0 aliphatic carbocycles. The number of aromatic nitrogens is 2. The fourth-order valence-corrected chi connectivity index (χ4v) is 1.61. The van der Waals surface area contributed by atoms with Crippen molar-refractivity contribution in [1.82, 2.24) is 15.1 Å². The first-order valence-corrected chi connectivity index (χ1v) is 6.39. The summed E-state index contributed by atoms with van der Waals surface area (Å²) in [5, 5.41) is 15.4. The molecular formula is C13H21N3O3. The Morgan fingerprint density at radius 1 is 1.42 bits per heavy atom. The number of nitrogens with one attached hydrogen (secondary N) is 1. The number of nitrogens with zero attached hydrogens (tertiary/aromatic N) is 2. The van der Waals surface area contributed by atoms with Gasteiger partial charge in [0, 0.05) is 12.2 Å². The molecule has 0 bridgehead atoms. The highest BCUT2D eigenvalue weighted by atomic mass is 16.4. The van der Waals surface area contributed by atoms with Crippen molar-refractivity contribution < 1.29 is 14.7 Å². The van der Waals surface area contributed by atoms with Gasteiger partial charge in [0.15, 0.2) is 0 Å². The van der Waals surface area contributed by atoms with E-state index in [9.17, 15) is 9.59 Å². The minimum atomic E-state index is -1.06. The van der Waals surface area contributed by atoms with Gasteiger partial charge in [0.2, 0.25) is 0 Å². The fourth-order valence-electron chi connectivity index (χ4n) is 1.61. The van der Waals surface area contributed by atoms with E-state index in [-0.39, 0.29) is 0 Å². The molecule has 6 heteroatoms. The summed E-state index contributed by atoms with van der Waals surface area (Å²) >= 11 is 0. The number of rotatable bonds is 6. The predicted molar refractivity (Wildman–Crippen MR) is 71.0 cm³/mol. The summed E-state index contributed by atoms with van der Waals surface area (Å²) < 4.78 is 1.78. The molecule has 2 N–H and O–H groups in total. The Morgan fingerprint density at radius 3 is 2.58 bits per heavy atom. The van der Waals surface area contributed by atoms with Crippen LogP contribution in [0.3, 0.4) is 0 Å². The van der Waals surface area contributed by atoms with Crippen molar-refractivity contribution in [1.29, 1.82) is 0 Å². The highest BCUT2D eigenvalue weighted by Gasteiger charge is 2.19. The van der Waals surface area contributed by atoms with E-state index in [1.807, 2.05) is 6.92 Å². The third kappa shape index (κ3) is 4.08. The van der Waals surface area contributed by atoms with Crippen molar-refractivity contribution in [3.63, 3.8) is 0 Å². The number of carbonyl (C=O) groups is 2. The number of amides is 1. The number of hydrogen-bond acceptors (Lipinski definition) is 3. The Kier molecular flexibility index (Phi) is 5.09. The second-order valence-electron chi connectivity index (χ2n) is 5.08. The molecule has 0 unspecified atom stereocenters. The lowest BCUT2D eigenvalue weighted by molar-refractivity contribution is -0.138.